The van der Waals surface area contributed by atoms with E-state index in [0.717, 1.165) is 15.1 Å². The van der Waals surface area contributed by atoms with Gasteiger partial charge in [0, 0.05) is 26.2 Å². The first kappa shape index (κ1) is 19.0. The van der Waals surface area contributed by atoms with Crippen LogP contribution < -0.4 is 0 Å². The van der Waals surface area contributed by atoms with Crippen LogP contribution in [-0.2, 0) is 20.0 Å². The standard InChI is InChI=1S/C14H13BrN4O5S3/c15-12-4-5-13(25-12)27(22,23)19-8-6-18(7-9-19)26(20,21)11-3-1-2-10-14(11)17-24-16-10/h1-5H,6-9H2. The maximum atomic E-state index is 13.0. The molecule has 0 amide bonds. The molecular weight excluding hydrogens is 480 g/mol. The number of rotatable bonds is 4. The third-order valence-electron chi connectivity index (χ3n) is 4.21. The van der Waals surface area contributed by atoms with Gasteiger partial charge in [-0.25, -0.2) is 21.5 Å². The molecule has 1 fully saturated rings. The Morgan fingerprint density at radius 3 is 2.22 bits per heavy atom. The first-order valence-electron chi connectivity index (χ1n) is 7.77. The number of halogens is 1. The van der Waals surface area contributed by atoms with E-state index in [1.807, 2.05) is 0 Å². The molecule has 1 saturated heterocycles. The van der Waals surface area contributed by atoms with Crippen molar-refractivity contribution in [1.29, 1.82) is 0 Å². The summed E-state index contributed by atoms with van der Waals surface area (Å²) in [5, 5.41) is 7.33. The number of hydrogen-bond acceptors (Lipinski definition) is 8. The van der Waals surface area contributed by atoms with Crippen molar-refractivity contribution in [2.45, 2.75) is 9.10 Å². The Bertz CT molecular complexity index is 1200. The SMILES string of the molecule is O=S(=O)(c1ccc(Br)s1)N1CCN(S(=O)(=O)c2cccc3nonc23)CC1. The third-order valence-corrected chi connectivity index (χ3v) is 10.1. The smallest absolute Gasteiger partial charge is 0.243 e. The Morgan fingerprint density at radius 1 is 0.926 bits per heavy atom. The van der Waals surface area contributed by atoms with E-state index in [4.69, 9.17) is 0 Å². The maximum absolute atomic E-state index is 13.0. The number of hydrogen-bond donors (Lipinski definition) is 0. The molecule has 0 aliphatic carbocycles. The van der Waals surface area contributed by atoms with Crippen molar-refractivity contribution in [1.82, 2.24) is 18.9 Å². The van der Waals surface area contributed by atoms with Crippen LogP contribution in [0.1, 0.15) is 0 Å². The average Bonchev–Trinajstić information content (AvgIpc) is 3.30. The van der Waals surface area contributed by atoms with E-state index in [2.05, 4.69) is 30.9 Å². The highest BCUT2D eigenvalue weighted by molar-refractivity contribution is 9.11. The third kappa shape index (κ3) is 3.32. The molecule has 2 aromatic heterocycles. The predicted octanol–water partition coefficient (Wildman–Crippen LogP) is 1.74. The van der Waals surface area contributed by atoms with Gasteiger partial charge in [0.2, 0.25) is 10.0 Å². The second kappa shape index (κ2) is 6.90. The minimum atomic E-state index is -3.84. The number of fused-ring (bicyclic) bond motifs is 1. The number of benzene rings is 1. The topological polar surface area (TPSA) is 114 Å². The van der Waals surface area contributed by atoms with Gasteiger partial charge >= 0.3 is 0 Å². The fraction of sp³-hybridized carbons (Fsp3) is 0.286. The van der Waals surface area contributed by atoms with Gasteiger partial charge in [0.05, 0.1) is 3.79 Å². The van der Waals surface area contributed by atoms with Crippen molar-refractivity contribution >= 4 is 58.3 Å². The lowest BCUT2D eigenvalue weighted by Gasteiger charge is -2.32. The highest BCUT2D eigenvalue weighted by Crippen LogP contribution is 2.30. The maximum Gasteiger partial charge on any atom is 0.252 e. The summed E-state index contributed by atoms with van der Waals surface area (Å²) in [7, 11) is -7.48. The van der Waals surface area contributed by atoms with Gasteiger partial charge in [0.1, 0.15) is 14.6 Å². The zero-order valence-corrected chi connectivity index (χ0v) is 17.7. The molecule has 3 aromatic rings. The lowest BCUT2D eigenvalue weighted by Crippen LogP contribution is -2.50. The van der Waals surface area contributed by atoms with E-state index >= 15 is 0 Å². The normalized spacial score (nSPS) is 17.5. The molecule has 0 saturated carbocycles. The Hall–Kier alpha value is -1.38. The number of sulfonamides is 2. The molecular formula is C14H13BrN4O5S3. The molecule has 1 aromatic carbocycles. The summed E-state index contributed by atoms with van der Waals surface area (Å²) in [6, 6.07) is 7.81. The molecule has 9 nitrogen and oxygen atoms in total. The van der Waals surface area contributed by atoms with E-state index in [0.29, 0.717) is 5.52 Å². The van der Waals surface area contributed by atoms with E-state index in [9.17, 15) is 16.8 Å². The highest BCUT2D eigenvalue weighted by Gasteiger charge is 2.35. The Balaban J connectivity index is 1.56. The molecule has 3 heterocycles. The van der Waals surface area contributed by atoms with Gasteiger partial charge in [-0.05, 0) is 50.5 Å². The summed E-state index contributed by atoms with van der Waals surface area (Å²) in [5.74, 6) is 0. The Kier molecular flexibility index (Phi) is 4.84. The molecule has 0 atom stereocenters. The van der Waals surface area contributed by atoms with Crippen molar-refractivity contribution in [3.8, 4) is 0 Å². The van der Waals surface area contributed by atoms with Crippen LogP contribution in [0.4, 0.5) is 0 Å². The van der Waals surface area contributed by atoms with Crippen molar-refractivity contribution in [2.75, 3.05) is 26.2 Å². The summed E-state index contributed by atoms with van der Waals surface area (Å²) in [6.07, 6.45) is 0. The van der Waals surface area contributed by atoms with Gasteiger partial charge in [0.25, 0.3) is 10.0 Å². The van der Waals surface area contributed by atoms with Gasteiger partial charge in [-0.15, -0.1) is 11.3 Å². The molecule has 13 heteroatoms. The predicted molar refractivity (Wildman–Crippen MR) is 101 cm³/mol. The quantitative estimate of drug-likeness (QED) is 0.544. The molecule has 1 aliphatic heterocycles. The van der Waals surface area contributed by atoms with Gasteiger partial charge < -0.3 is 0 Å². The monoisotopic (exact) mass is 492 g/mol. The fourth-order valence-corrected chi connectivity index (χ4v) is 7.99. The first-order chi connectivity index (χ1) is 12.8. The van der Waals surface area contributed by atoms with E-state index in [1.165, 1.54) is 20.7 Å². The van der Waals surface area contributed by atoms with Crippen LogP contribution in [0.25, 0.3) is 11.0 Å². The van der Waals surface area contributed by atoms with Crippen molar-refractivity contribution in [3.63, 3.8) is 0 Å². The lowest BCUT2D eigenvalue weighted by molar-refractivity contribution is 0.273. The Morgan fingerprint density at radius 2 is 1.59 bits per heavy atom. The molecule has 0 unspecified atom stereocenters. The van der Waals surface area contributed by atoms with Gasteiger partial charge in [-0.1, -0.05) is 6.07 Å². The summed E-state index contributed by atoms with van der Waals surface area (Å²) in [4.78, 5) is -0.000237. The average molecular weight is 493 g/mol. The second-order valence-corrected chi connectivity index (χ2v) is 12.3. The summed E-state index contributed by atoms with van der Waals surface area (Å²) in [6.45, 7) is 0.250. The molecule has 0 radical (unpaired) electrons. The van der Waals surface area contributed by atoms with Crippen molar-refractivity contribution in [2.24, 2.45) is 0 Å². The van der Waals surface area contributed by atoms with Gasteiger partial charge in [-0.3, -0.25) is 0 Å². The molecule has 1 aliphatic rings. The van der Waals surface area contributed by atoms with Crippen LogP contribution in [0.2, 0.25) is 0 Å². The largest absolute Gasteiger partial charge is 0.252 e. The molecule has 0 spiro atoms. The van der Waals surface area contributed by atoms with E-state index in [1.54, 1.807) is 18.2 Å². The Labute approximate surface area is 167 Å². The van der Waals surface area contributed by atoms with E-state index < -0.39 is 20.0 Å². The minimum Gasteiger partial charge on any atom is -0.243 e. The van der Waals surface area contributed by atoms with Crippen molar-refractivity contribution in [3.05, 3.63) is 34.1 Å². The first-order valence-corrected chi connectivity index (χ1v) is 12.3. The molecule has 27 heavy (non-hydrogen) atoms. The highest BCUT2D eigenvalue weighted by atomic mass is 79.9. The van der Waals surface area contributed by atoms with E-state index in [-0.39, 0.29) is 40.8 Å². The number of aromatic nitrogens is 2. The summed E-state index contributed by atoms with van der Waals surface area (Å²) >= 11 is 4.38. The van der Waals surface area contributed by atoms with Crippen LogP contribution >= 0.6 is 27.3 Å². The van der Waals surface area contributed by atoms with Crippen LogP contribution in [0.5, 0.6) is 0 Å². The minimum absolute atomic E-state index is 0.000237. The van der Waals surface area contributed by atoms with Crippen LogP contribution in [0.15, 0.2) is 47.9 Å². The van der Waals surface area contributed by atoms with Crippen molar-refractivity contribution < 1.29 is 21.5 Å². The van der Waals surface area contributed by atoms with Crippen LogP contribution in [0.3, 0.4) is 0 Å². The number of thiophene rings is 1. The fourth-order valence-electron chi connectivity index (χ4n) is 2.84. The second-order valence-electron chi connectivity index (χ2n) is 5.75. The van der Waals surface area contributed by atoms with Gasteiger partial charge in [0.15, 0.2) is 5.52 Å². The zero-order valence-electron chi connectivity index (χ0n) is 13.6. The number of piperazine rings is 1. The molecule has 0 N–H and O–H groups in total. The summed E-state index contributed by atoms with van der Waals surface area (Å²) in [5.41, 5.74) is 0.511. The number of nitrogens with zero attached hydrogens (tertiary/aromatic N) is 4. The zero-order chi connectivity index (χ0) is 19.2. The molecule has 0 bridgehead atoms. The molecule has 4 rings (SSSR count). The summed E-state index contributed by atoms with van der Waals surface area (Å²) < 4.78 is 59.4. The van der Waals surface area contributed by atoms with Crippen LogP contribution in [-0.4, -0.2) is 61.9 Å². The lowest BCUT2D eigenvalue weighted by atomic mass is 10.3. The van der Waals surface area contributed by atoms with Gasteiger partial charge in [-0.2, -0.15) is 8.61 Å². The van der Waals surface area contributed by atoms with Crippen LogP contribution in [0, 0.1) is 0 Å². The molecule has 144 valence electrons.